The van der Waals surface area contributed by atoms with Crippen LogP contribution in [0.5, 0.6) is 11.8 Å². The molecule has 39 heavy (non-hydrogen) atoms. The van der Waals surface area contributed by atoms with Crippen molar-refractivity contribution in [3.05, 3.63) is 53.6 Å². The zero-order chi connectivity index (χ0) is 27.5. The number of carbonyl (C=O) groups is 1. The Labute approximate surface area is 229 Å². The summed E-state index contributed by atoms with van der Waals surface area (Å²) in [6, 6.07) is 5.12. The number of morpholine rings is 1. The van der Waals surface area contributed by atoms with Gasteiger partial charge < -0.3 is 24.4 Å². The number of hydrogen-bond acceptors (Lipinski definition) is 8. The number of amides is 1. The van der Waals surface area contributed by atoms with Gasteiger partial charge >= 0.3 is 6.01 Å². The van der Waals surface area contributed by atoms with Gasteiger partial charge in [-0.05, 0) is 24.3 Å². The number of piperazine rings is 1. The number of phenols is 1. The van der Waals surface area contributed by atoms with Crippen molar-refractivity contribution in [3.63, 3.8) is 0 Å². The topological polar surface area (TPSA) is 91.3 Å². The van der Waals surface area contributed by atoms with Crippen LogP contribution in [-0.4, -0.2) is 96.4 Å². The molecule has 1 N–H and O–H groups in total. The van der Waals surface area contributed by atoms with E-state index in [9.17, 15) is 14.3 Å². The molecule has 0 aliphatic carbocycles. The SMILES string of the molecule is C=CC(=O)N1CCN(c2nc(OCCN3CCOCC3)nc3c(F)c(-c4c(O)cccc4F)c(Cl)cc23)CC1. The number of aromatic nitrogens is 2. The summed E-state index contributed by atoms with van der Waals surface area (Å²) in [5.41, 5.74) is -0.772. The van der Waals surface area contributed by atoms with Crippen molar-refractivity contribution in [1.82, 2.24) is 19.8 Å². The van der Waals surface area contributed by atoms with Gasteiger partial charge in [0.25, 0.3) is 0 Å². The number of rotatable bonds is 7. The fraction of sp³-hybridized carbons (Fsp3) is 0.370. The van der Waals surface area contributed by atoms with Crippen LogP contribution in [-0.2, 0) is 9.53 Å². The fourth-order valence-corrected chi connectivity index (χ4v) is 5.10. The molecule has 206 valence electrons. The highest BCUT2D eigenvalue weighted by molar-refractivity contribution is 6.34. The van der Waals surface area contributed by atoms with Crippen LogP contribution >= 0.6 is 11.6 Å². The number of benzene rings is 2. The largest absolute Gasteiger partial charge is 0.507 e. The number of halogens is 3. The lowest BCUT2D eigenvalue weighted by Crippen LogP contribution is -2.48. The van der Waals surface area contributed by atoms with E-state index in [0.29, 0.717) is 57.1 Å². The molecule has 2 fully saturated rings. The lowest BCUT2D eigenvalue weighted by atomic mass is 10.0. The maximum Gasteiger partial charge on any atom is 0.319 e. The van der Waals surface area contributed by atoms with Crippen molar-refractivity contribution in [1.29, 1.82) is 0 Å². The molecule has 0 radical (unpaired) electrons. The molecule has 0 bridgehead atoms. The van der Waals surface area contributed by atoms with Crippen LogP contribution in [0.1, 0.15) is 0 Å². The summed E-state index contributed by atoms with van der Waals surface area (Å²) in [7, 11) is 0. The maximum atomic E-state index is 16.1. The predicted molar refractivity (Wildman–Crippen MR) is 143 cm³/mol. The molecule has 2 aromatic carbocycles. The molecule has 0 spiro atoms. The molecule has 3 aromatic rings. The van der Waals surface area contributed by atoms with Crippen molar-refractivity contribution in [3.8, 4) is 22.9 Å². The molecular formula is C27H28ClF2N5O4. The number of nitrogens with zero attached hydrogens (tertiary/aromatic N) is 5. The Morgan fingerprint density at radius 1 is 1.13 bits per heavy atom. The highest BCUT2D eigenvalue weighted by Gasteiger charge is 2.27. The minimum absolute atomic E-state index is 0.0414. The molecule has 1 amide bonds. The summed E-state index contributed by atoms with van der Waals surface area (Å²) in [5, 5.41) is 10.5. The van der Waals surface area contributed by atoms with Crippen LogP contribution in [0.2, 0.25) is 5.02 Å². The quantitative estimate of drug-likeness (QED) is 0.440. The summed E-state index contributed by atoms with van der Waals surface area (Å²) >= 11 is 6.49. The average molecular weight is 560 g/mol. The normalized spacial score (nSPS) is 16.5. The highest BCUT2D eigenvalue weighted by atomic mass is 35.5. The minimum atomic E-state index is -0.903. The first-order valence-electron chi connectivity index (χ1n) is 12.6. The Bertz CT molecular complexity index is 1370. The van der Waals surface area contributed by atoms with Gasteiger partial charge in [0.15, 0.2) is 5.82 Å². The smallest absolute Gasteiger partial charge is 0.319 e. The van der Waals surface area contributed by atoms with Crippen molar-refractivity contribution >= 4 is 34.2 Å². The van der Waals surface area contributed by atoms with E-state index in [-0.39, 0.29) is 40.2 Å². The third-order valence-corrected chi connectivity index (χ3v) is 7.19. The van der Waals surface area contributed by atoms with E-state index in [2.05, 4.69) is 21.4 Å². The second-order valence-corrected chi connectivity index (χ2v) is 9.63. The van der Waals surface area contributed by atoms with Crippen LogP contribution in [0.15, 0.2) is 36.9 Å². The van der Waals surface area contributed by atoms with E-state index in [1.54, 1.807) is 4.90 Å². The molecule has 0 atom stereocenters. The molecule has 2 aliphatic heterocycles. The minimum Gasteiger partial charge on any atom is -0.507 e. The molecule has 5 rings (SSSR count). The van der Waals surface area contributed by atoms with Gasteiger partial charge in [-0.1, -0.05) is 24.2 Å². The van der Waals surface area contributed by atoms with Gasteiger partial charge in [0.05, 0.1) is 23.8 Å². The molecule has 9 nitrogen and oxygen atoms in total. The van der Waals surface area contributed by atoms with E-state index in [1.165, 1.54) is 24.3 Å². The Morgan fingerprint density at radius 2 is 1.87 bits per heavy atom. The van der Waals surface area contributed by atoms with Crippen LogP contribution in [0.3, 0.4) is 0 Å². The van der Waals surface area contributed by atoms with Crippen LogP contribution in [0, 0.1) is 11.6 Å². The average Bonchev–Trinajstić information content (AvgIpc) is 2.95. The first kappa shape index (κ1) is 27.0. The van der Waals surface area contributed by atoms with Crippen molar-refractivity contribution in [2.24, 2.45) is 0 Å². The summed E-state index contributed by atoms with van der Waals surface area (Å²) in [4.78, 5) is 26.7. The summed E-state index contributed by atoms with van der Waals surface area (Å²) in [6.07, 6.45) is 1.27. The summed E-state index contributed by atoms with van der Waals surface area (Å²) in [5.74, 6) is -1.96. The van der Waals surface area contributed by atoms with E-state index in [1.807, 2.05) is 4.90 Å². The molecule has 0 saturated carbocycles. The van der Waals surface area contributed by atoms with Crippen LogP contribution in [0.25, 0.3) is 22.0 Å². The monoisotopic (exact) mass is 559 g/mol. The van der Waals surface area contributed by atoms with Crippen LogP contribution in [0.4, 0.5) is 14.6 Å². The molecule has 1 aromatic heterocycles. The van der Waals surface area contributed by atoms with E-state index in [4.69, 9.17) is 21.1 Å². The number of anilines is 1. The molecule has 0 unspecified atom stereocenters. The second-order valence-electron chi connectivity index (χ2n) is 9.23. The standard InChI is InChI=1S/C27H28ClF2N5O4/c1-2-21(37)34-6-8-35(9-7-34)26-17-16-18(28)22(23-19(29)4-3-5-20(23)36)24(30)25(17)31-27(32-26)39-15-12-33-10-13-38-14-11-33/h2-5,16,36H,1,6-15H2. The Kier molecular flexibility index (Phi) is 8.10. The summed E-state index contributed by atoms with van der Waals surface area (Å²) in [6.45, 7) is 8.96. The number of hydrogen-bond donors (Lipinski definition) is 1. The molecule has 2 aliphatic rings. The zero-order valence-electron chi connectivity index (χ0n) is 21.2. The predicted octanol–water partition coefficient (Wildman–Crippen LogP) is 3.48. The van der Waals surface area contributed by atoms with E-state index in [0.717, 1.165) is 19.2 Å². The third-order valence-electron chi connectivity index (χ3n) is 6.89. The number of carbonyl (C=O) groups excluding carboxylic acids is 1. The molecule has 3 heterocycles. The Balaban J connectivity index is 1.54. The number of aromatic hydroxyl groups is 1. The summed E-state index contributed by atoms with van der Waals surface area (Å²) < 4.78 is 42.1. The maximum absolute atomic E-state index is 16.1. The first-order chi connectivity index (χ1) is 18.9. The van der Waals surface area contributed by atoms with Gasteiger partial charge in [0.1, 0.15) is 29.5 Å². The molecular weight excluding hydrogens is 532 g/mol. The highest BCUT2D eigenvalue weighted by Crippen LogP contribution is 2.42. The number of phenolic OH excluding ortho intramolecular Hbond substituents is 1. The lowest BCUT2D eigenvalue weighted by Gasteiger charge is -2.35. The number of fused-ring (bicyclic) bond motifs is 1. The van der Waals surface area contributed by atoms with Crippen LogP contribution < -0.4 is 9.64 Å². The number of ether oxygens (including phenoxy) is 2. The third kappa shape index (κ3) is 5.61. The van der Waals surface area contributed by atoms with Crippen molar-refractivity contribution < 1.29 is 28.2 Å². The lowest BCUT2D eigenvalue weighted by molar-refractivity contribution is -0.126. The van der Waals surface area contributed by atoms with Crippen molar-refractivity contribution in [2.45, 2.75) is 0 Å². The first-order valence-corrected chi connectivity index (χ1v) is 13.0. The Hall–Kier alpha value is -3.54. The second kappa shape index (κ2) is 11.7. The Morgan fingerprint density at radius 3 is 2.56 bits per heavy atom. The fourth-order valence-electron chi connectivity index (χ4n) is 4.81. The van der Waals surface area contributed by atoms with Gasteiger partial charge in [0, 0.05) is 56.8 Å². The van der Waals surface area contributed by atoms with Gasteiger partial charge in [-0.15, -0.1) is 0 Å². The molecule has 2 saturated heterocycles. The van der Waals surface area contributed by atoms with E-state index >= 15 is 4.39 Å². The zero-order valence-corrected chi connectivity index (χ0v) is 22.0. The molecule has 12 heteroatoms. The van der Waals surface area contributed by atoms with Gasteiger partial charge in [-0.2, -0.15) is 9.97 Å². The van der Waals surface area contributed by atoms with Gasteiger partial charge in [-0.3, -0.25) is 9.69 Å². The van der Waals surface area contributed by atoms with E-state index < -0.39 is 17.4 Å². The van der Waals surface area contributed by atoms with Crippen molar-refractivity contribution in [2.75, 3.05) is 70.5 Å². The van der Waals surface area contributed by atoms with Gasteiger partial charge in [-0.25, -0.2) is 8.78 Å². The van der Waals surface area contributed by atoms with Gasteiger partial charge in [0.2, 0.25) is 5.91 Å².